The zero-order valence-electron chi connectivity index (χ0n) is 11.1. The summed E-state index contributed by atoms with van der Waals surface area (Å²) in [4.78, 5) is 27.6. The lowest BCUT2D eigenvalue weighted by molar-refractivity contribution is -0.134. The molecule has 1 aliphatic rings. The number of hydrogen-bond acceptors (Lipinski definition) is 3. The van der Waals surface area contributed by atoms with Crippen LogP contribution in [-0.2, 0) is 9.59 Å². The van der Waals surface area contributed by atoms with Gasteiger partial charge < -0.3 is 0 Å². The lowest BCUT2D eigenvalue weighted by Gasteiger charge is -2.22. The summed E-state index contributed by atoms with van der Waals surface area (Å²) in [7, 11) is 0. The van der Waals surface area contributed by atoms with Gasteiger partial charge in [-0.05, 0) is 18.1 Å². The molecule has 2 rings (SSSR count). The molecule has 102 valence electrons. The number of carbonyl (C=O) groups is 2. The molecule has 1 unspecified atom stereocenters. The number of carbonyl (C=O) groups excluding carboxylic acids is 2. The van der Waals surface area contributed by atoms with Crippen LogP contribution in [0, 0.1) is 0 Å². The second-order valence-electron chi connectivity index (χ2n) is 4.50. The largest absolute Gasteiger partial charge is 0.296 e. The van der Waals surface area contributed by atoms with Gasteiger partial charge in [-0.25, -0.2) is 0 Å². The molecule has 1 aromatic rings. The summed E-state index contributed by atoms with van der Waals surface area (Å²) in [5, 5.41) is 2.36. The van der Waals surface area contributed by atoms with E-state index in [0.29, 0.717) is 18.5 Å². The van der Waals surface area contributed by atoms with E-state index >= 15 is 0 Å². The molecule has 0 spiro atoms. The predicted molar refractivity (Wildman–Crippen MR) is 78.7 cm³/mol. The van der Waals surface area contributed by atoms with Gasteiger partial charge in [0.05, 0.1) is 11.6 Å². The van der Waals surface area contributed by atoms with Gasteiger partial charge in [0, 0.05) is 18.2 Å². The average Bonchev–Trinajstić information content (AvgIpc) is 2.45. The molecule has 4 nitrogen and oxygen atoms in total. The molecule has 2 heterocycles. The maximum absolute atomic E-state index is 12.0. The quantitative estimate of drug-likeness (QED) is 0.674. The van der Waals surface area contributed by atoms with Crippen LogP contribution in [0.4, 0.5) is 0 Å². The van der Waals surface area contributed by atoms with E-state index in [-0.39, 0.29) is 11.8 Å². The van der Waals surface area contributed by atoms with Crippen LogP contribution in [0.5, 0.6) is 0 Å². The van der Waals surface area contributed by atoms with Crippen LogP contribution in [0.3, 0.4) is 0 Å². The Labute approximate surface area is 117 Å². The van der Waals surface area contributed by atoms with Gasteiger partial charge in [0.1, 0.15) is 0 Å². The Balaban J connectivity index is 2.47. The molecule has 0 saturated carbocycles. The van der Waals surface area contributed by atoms with Gasteiger partial charge in [-0.3, -0.25) is 19.9 Å². The van der Waals surface area contributed by atoms with Crippen LogP contribution in [0.2, 0.25) is 0 Å². The minimum atomic E-state index is -0.405. The first-order valence-corrected chi connectivity index (χ1v) is 6.41. The lowest BCUT2D eigenvalue weighted by atomic mass is 9.89. The summed E-state index contributed by atoms with van der Waals surface area (Å²) in [5.41, 5.74) is 2.42. The van der Waals surface area contributed by atoms with Crippen molar-refractivity contribution in [1.29, 1.82) is 0 Å². The number of nitrogens with zero attached hydrogens (tertiary/aromatic N) is 1. The number of pyridine rings is 1. The van der Waals surface area contributed by atoms with Gasteiger partial charge in [0.15, 0.2) is 0 Å². The molecule has 0 radical (unpaired) electrons. The van der Waals surface area contributed by atoms with Crippen LogP contribution < -0.4 is 5.32 Å². The van der Waals surface area contributed by atoms with Gasteiger partial charge in [-0.2, -0.15) is 0 Å². The Morgan fingerprint density at radius 2 is 2.15 bits per heavy atom. The van der Waals surface area contributed by atoms with E-state index in [2.05, 4.69) is 23.5 Å². The lowest BCUT2D eigenvalue weighted by Crippen LogP contribution is -2.40. The first-order chi connectivity index (χ1) is 9.67. The Morgan fingerprint density at radius 3 is 2.80 bits per heavy atom. The first kappa shape index (κ1) is 13.9. The van der Waals surface area contributed by atoms with Gasteiger partial charge in [-0.15, -0.1) is 0 Å². The molecule has 20 heavy (non-hydrogen) atoms. The van der Waals surface area contributed by atoms with Crippen molar-refractivity contribution >= 4 is 24.0 Å². The van der Waals surface area contributed by atoms with E-state index in [4.69, 9.17) is 0 Å². The summed E-state index contributed by atoms with van der Waals surface area (Å²) >= 11 is 0. The molecular weight excluding hydrogens is 252 g/mol. The van der Waals surface area contributed by atoms with E-state index in [1.165, 1.54) is 0 Å². The Morgan fingerprint density at radius 1 is 1.35 bits per heavy atom. The summed E-state index contributed by atoms with van der Waals surface area (Å²) in [6.07, 6.45) is 9.50. The van der Waals surface area contributed by atoms with Crippen molar-refractivity contribution < 1.29 is 9.59 Å². The van der Waals surface area contributed by atoms with Crippen LogP contribution in [0.1, 0.15) is 35.6 Å². The number of piperidine rings is 1. The van der Waals surface area contributed by atoms with E-state index in [9.17, 15) is 9.59 Å². The van der Waals surface area contributed by atoms with E-state index < -0.39 is 5.92 Å². The molecule has 1 aliphatic heterocycles. The minimum absolute atomic E-state index is 0.227. The van der Waals surface area contributed by atoms with E-state index in [1.807, 2.05) is 12.1 Å². The predicted octanol–water partition coefficient (Wildman–Crippen LogP) is 2.44. The number of allylic oxidation sites excluding steroid dienone is 2. The number of amides is 2. The zero-order valence-corrected chi connectivity index (χ0v) is 11.1. The average molecular weight is 268 g/mol. The molecule has 4 heteroatoms. The summed E-state index contributed by atoms with van der Waals surface area (Å²) < 4.78 is 0. The van der Waals surface area contributed by atoms with Crippen LogP contribution in [0.15, 0.2) is 37.6 Å². The van der Waals surface area contributed by atoms with Crippen molar-refractivity contribution in [1.82, 2.24) is 10.3 Å². The van der Waals surface area contributed by atoms with Gasteiger partial charge in [0.2, 0.25) is 11.8 Å². The molecule has 0 aliphatic carbocycles. The molecule has 0 aromatic carbocycles. The molecule has 0 bridgehead atoms. The molecule has 1 N–H and O–H groups in total. The van der Waals surface area contributed by atoms with E-state index in [1.54, 1.807) is 24.4 Å². The van der Waals surface area contributed by atoms with Crippen LogP contribution >= 0.6 is 0 Å². The van der Waals surface area contributed by atoms with Gasteiger partial charge >= 0.3 is 0 Å². The maximum Gasteiger partial charge on any atom is 0.235 e. The van der Waals surface area contributed by atoms with Crippen molar-refractivity contribution in [3.63, 3.8) is 0 Å². The second kappa shape index (κ2) is 6.10. The van der Waals surface area contributed by atoms with E-state index in [0.717, 1.165) is 11.1 Å². The van der Waals surface area contributed by atoms with Crippen molar-refractivity contribution in [3.8, 4) is 0 Å². The topological polar surface area (TPSA) is 59.1 Å². The monoisotopic (exact) mass is 268 g/mol. The standard InChI is InChI=1S/C16H16N2O2/c1-3-5-6-12-11(4-2)9-10-17-15(12)13-7-8-14(19)18-16(13)20/h3-6,9-10,13H,1-2,7-8H2,(H,18,19,20)/b6-5-. The fraction of sp³-hybridized carbons (Fsp3) is 0.188. The zero-order chi connectivity index (χ0) is 14.5. The Hall–Kier alpha value is -2.49. The third-order valence-electron chi connectivity index (χ3n) is 3.24. The highest BCUT2D eigenvalue weighted by Crippen LogP contribution is 2.28. The third-order valence-corrected chi connectivity index (χ3v) is 3.24. The van der Waals surface area contributed by atoms with Crippen molar-refractivity contribution in [2.24, 2.45) is 0 Å². The highest BCUT2D eigenvalue weighted by Gasteiger charge is 2.30. The van der Waals surface area contributed by atoms with Crippen molar-refractivity contribution in [2.75, 3.05) is 0 Å². The minimum Gasteiger partial charge on any atom is -0.296 e. The smallest absolute Gasteiger partial charge is 0.235 e. The molecule has 1 fully saturated rings. The highest BCUT2D eigenvalue weighted by atomic mass is 16.2. The number of aromatic nitrogens is 1. The SMILES string of the molecule is C=C/C=C\c1c(C=C)ccnc1C1CCC(=O)NC1=O. The summed E-state index contributed by atoms with van der Waals surface area (Å²) in [6, 6.07) is 1.84. The highest BCUT2D eigenvalue weighted by molar-refractivity contribution is 6.01. The first-order valence-electron chi connectivity index (χ1n) is 6.41. The number of hydrogen-bond donors (Lipinski definition) is 1. The van der Waals surface area contributed by atoms with Gasteiger partial charge in [0.25, 0.3) is 0 Å². The molecular formula is C16H16N2O2. The summed E-state index contributed by atoms with van der Waals surface area (Å²) in [5.74, 6) is -0.922. The maximum atomic E-state index is 12.0. The van der Waals surface area contributed by atoms with Crippen molar-refractivity contribution in [3.05, 3.63) is 54.4 Å². The van der Waals surface area contributed by atoms with Crippen molar-refractivity contribution in [2.45, 2.75) is 18.8 Å². The van der Waals surface area contributed by atoms with Crippen LogP contribution in [0.25, 0.3) is 12.2 Å². The summed E-state index contributed by atoms with van der Waals surface area (Å²) in [6.45, 7) is 7.42. The molecule has 1 saturated heterocycles. The van der Waals surface area contributed by atoms with Gasteiger partial charge in [-0.1, -0.05) is 37.5 Å². The van der Waals surface area contributed by atoms with Crippen LogP contribution in [-0.4, -0.2) is 16.8 Å². The Kier molecular flexibility index (Phi) is 4.25. The number of rotatable bonds is 4. The fourth-order valence-electron chi connectivity index (χ4n) is 2.26. The number of imide groups is 1. The number of nitrogens with one attached hydrogen (secondary N) is 1. The molecule has 2 amide bonds. The third kappa shape index (κ3) is 2.74. The normalized spacial score (nSPS) is 18.9. The Bertz CT molecular complexity index is 602. The fourth-order valence-corrected chi connectivity index (χ4v) is 2.26. The second-order valence-corrected chi connectivity index (χ2v) is 4.50. The molecule has 1 atom stereocenters. The molecule has 1 aromatic heterocycles.